The molecule has 6 heteroatoms. The number of benzene rings is 3. The Bertz CT molecular complexity index is 1150. The van der Waals surface area contributed by atoms with Crippen LogP contribution >= 0.6 is 0 Å². The van der Waals surface area contributed by atoms with E-state index in [-0.39, 0.29) is 23.9 Å². The van der Waals surface area contributed by atoms with Gasteiger partial charge in [0.1, 0.15) is 29.5 Å². The zero-order chi connectivity index (χ0) is 24.1. The first-order chi connectivity index (χ1) is 16.4. The van der Waals surface area contributed by atoms with E-state index in [1.165, 1.54) is 0 Å². The van der Waals surface area contributed by atoms with Crippen LogP contribution in [-0.2, 0) is 9.53 Å². The van der Waals surface area contributed by atoms with Gasteiger partial charge in [-0.3, -0.25) is 0 Å². The summed E-state index contributed by atoms with van der Waals surface area (Å²) >= 11 is 0. The Kier molecular flexibility index (Phi) is 6.97. The maximum Gasteiger partial charge on any atom is 0.343 e. The maximum atomic E-state index is 12.6. The molecule has 1 heterocycles. The summed E-state index contributed by atoms with van der Waals surface area (Å²) in [6.45, 7) is 5.77. The normalized spacial score (nSPS) is 16.1. The van der Waals surface area contributed by atoms with Gasteiger partial charge in [0.15, 0.2) is 0 Å². The number of rotatable bonds is 8. The van der Waals surface area contributed by atoms with E-state index in [1.54, 1.807) is 48.5 Å². The minimum Gasteiger partial charge on any atom is -0.508 e. The molecule has 0 spiro atoms. The SMILES string of the molecule is C=C1CC(C(CCC)Oc2ccc(C(=O)Oc3ccc(-c4ccc(O)cc4)cc3)cc2)OC1=O. The standard InChI is InChI=1S/C28H26O6/c1-3-4-25(26-17-18(2)27(30)34-26)32-23-15-9-21(10-16-23)28(31)33-24-13-7-20(8-14-24)19-5-11-22(29)12-6-19/h5-16,25-26,29H,2-4,17H2,1H3. The number of aromatic hydroxyl groups is 1. The smallest absolute Gasteiger partial charge is 0.343 e. The number of hydrogen-bond donors (Lipinski definition) is 1. The van der Waals surface area contributed by atoms with Crippen molar-refractivity contribution >= 4 is 11.9 Å². The van der Waals surface area contributed by atoms with Crippen LogP contribution in [0.1, 0.15) is 36.5 Å². The molecule has 0 amide bonds. The predicted molar refractivity (Wildman–Crippen MR) is 128 cm³/mol. The highest BCUT2D eigenvalue weighted by Crippen LogP contribution is 2.28. The third-order valence-corrected chi connectivity index (χ3v) is 5.63. The maximum absolute atomic E-state index is 12.6. The molecule has 4 rings (SSSR count). The third-order valence-electron chi connectivity index (χ3n) is 5.63. The zero-order valence-corrected chi connectivity index (χ0v) is 18.9. The summed E-state index contributed by atoms with van der Waals surface area (Å²) in [5, 5.41) is 9.42. The Morgan fingerprint density at radius 1 is 1.00 bits per heavy atom. The van der Waals surface area contributed by atoms with Crippen molar-refractivity contribution in [3.05, 3.63) is 90.5 Å². The van der Waals surface area contributed by atoms with Crippen molar-refractivity contribution in [2.24, 2.45) is 0 Å². The lowest BCUT2D eigenvalue weighted by Crippen LogP contribution is -2.31. The highest BCUT2D eigenvalue weighted by Gasteiger charge is 2.34. The van der Waals surface area contributed by atoms with E-state index in [2.05, 4.69) is 6.58 Å². The molecular weight excluding hydrogens is 432 g/mol. The number of carbonyl (C=O) groups excluding carboxylic acids is 2. The van der Waals surface area contributed by atoms with Crippen LogP contribution in [-0.4, -0.2) is 29.3 Å². The lowest BCUT2D eigenvalue weighted by Gasteiger charge is -2.23. The Labute approximate surface area is 198 Å². The van der Waals surface area contributed by atoms with Gasteiger partial charge in [-0.05, 0) is 66.1 Å². The van der Waals surface area contributed by atoms with E-state index in [1.807, 2.05) is 31.2 Å². The van der Waals surface area contributed by atoms with Crippen molar-refractivity contribution in [3.8, 4) is 28.4 Å². The molecule has 2 atom stereocenters. The summed E-state index contributed by atoms with van der Waals surface area (Å²) in [4.78, 5) is 24.2. The lowest BCUT2D eigenvalue weighted by molar-refractivity contribution is -0.142. The molecule has 0 saturated carbocycles. The van der Waals surface area contributed by atoms with Crippen LogP contribution in [0.2, 0.25) is 0 Å². The monoisotopic (exact) mass is 458 g/mol. The highest BCUT2D eigenvalue weighted by molar-refractivity contribution is 5.91. The van der Waals surface area contributed by atoms with Gasteiger partial charge in [0.05, 0.1) is 5.56 Å². The van der Waals surface area contributed by atoms with Crippen molar-refractivity contribution in [2.45, 2.75) is 38.4 Å². The third kappa shape index (κ3) is 5.46. The van der Waals surface area contributed by atoms with E-state index in [9.17, 15) is 14.7 Å². The van der Waals surface area contributed by atoms with E-state index in [4.69, 9.17) is 14.2 Å². The van der Waals surface area contributed by atoms with Gasteiger partial charge >= 0.3 is 11.9 Å². The minimum atomic E-state index is -0.477. The number of esters is 2. The Morgan fingerprint density at radius 2 is 1.59 bits per heavy atom. The molecule has 0 aliphatic carbocycles. The van der Waals surface area contributed by atoms with Crippen LogP contribution in [0.5, 0.6) is 17.2 Å². The summed E-state index contributed by atoms with van der Waals surface area (Å²) in [5.74, 6) is 0.374. The fourth-order valence-corrected chi connectivity index (χ4v) is 3.78. The molecule has 1 N–H and O–H groups in total. The Balaban J connectivity index is 1.37. The topological polar surface area (TPSA) is 82.1 Å². The van der Waals surface area contributed by atoms with Crippen molar-refractivity contribution in [1.29, 1.82) is 0 Å². The molecule has 2 unspecified atom stereocenters. The fourth-order valence-electron chi connectivity index (χ4n) is 3.78. The summed E-state index contributed by atoms with van der Waals surface area (Å²) in [6, 6.07) is 20.7. The Hall–Kier alpha value is -4.06. The van der Waals surface area contributed by atoms with Gasteiger partial charge in [0.25, 0.3) is 0 Å². The molecular formula is C28H26O6. The number of phenolic OH excluding ortho intramolecular Hbond substituents is 1. The first-order valence-electron chi connectivity index (χ1n) is 11.2. The first-order valence-corrected chi connectivity index (χ1v) is 11.2. The van der Waals surface area contributed by atoms with Crippen LogP contribution in [0.25, 0.3) is 11.1 Å². The van der Waals surface area contributed by atoms with Crippen molar-refractivity contribution in [2.75, 3.05) is 0 Å². The average molecular weight is 459 g/mol. The van der Waals surface area contributed by atoms with Crippen molar-refractivity contribution < 1.29 is 28.9 Å². The lowest BCUT2D eigenvalue weighted by atomic mass is 10.0. The highest BCUT2D eigenvalue weighted by atomic mass is 16.6. The summed E-state index contributed by atoms with van der Waals surface area (Å²) in [6.07, 6.45) is 1.43. The first kappa shape index (κ1) is 23.1. The summed E-state index contributed by atoms with van der Waals surface area (Å²) in [7, 11) is 0. The zero-order valence-electron chi connectivity index (χ0n) is 18.9. The summed E-state index contributed by atoms with van der Waals surface area (Å²) < 4.78 is 16.9. The molecule has 0 aromatic heterocycles. The minimum absolute atomic E-state index is 0.208. The quantitative estimate of drug-likeness (QED) is 0.265. The second-order valence-electron chi connectivity index (χ2n) is 8.18. The van der Waals surface area contributed by atoms with Crippen LogP contribution < -0.4 is 9.47 Å². The van der Waals surface area contributed by atoms with Crippen molar-refractivity contribution in [3.63, 3.8) is 0 Å². The molecule has 1 fully saturated rings. The van der Waals surface area contributed by atoms with Crippen LogP contribution in [0.4, 0.5) is 0 Å². The van der Waals surface area contributed by atoms with Crippen LogP contribution in [0, 0.1) is 0 Å². The van der Waals surface area contributed by atoms with E-state index in [0.717, 1.165) is 24.0 Å². The molecule has 1 aliphatic rings. The molecule has 3 aromatic rings. The van der Waals surface area contributed by atoms with Gasteiger partial charge in [-0.2, -0.15) is 0 Å². The van der Waals surface area contributed by atoms with Gasteiger partial charge in [0.2, 0.25) is 0 Å². The van der Waals surface area contributed by atoms with Gasteiger partial charge in [-0.25, -0.2) is 9.59 Å². The molecule has 6 nitrogen and oxygen atoms in total. The van der Waals surface area contributed by atoms with Crippen molar-refractivity contribution in [1.82, 2.24) is 0 Å². The molecule has 3 aromatic carbocycles. The molecule has 0 radical (unpaired) electrons. The number of phenols is 1. The fraction of sp³-hybridized carbons (Fsp3) is 0.214. The van der Waals surface area contributed by atoms with Gasteiger partial charge < -0.3 is 19.3 Å². The van der Waals surface area contributed by atoms with Gasteiger partial charge in [0, 0.05) is 12.0 Å². The van der Waals surface area contributed by atoms with Gasteiger partial charge in [-0.1, -0.05) is 44.2 Å². The van der Waals surface area contributed by atoms with E-state index in [0.29, 0.717) is 29.1 Å². The van der Waals surface area contributed by atoms with Gasteiger partial charge in [-0.15, -0.1) is 0 Å². The summed E-state index contributed by atoms with van der Waals surface area (Å²) in [5.41, 5.74) is 2.75. The molecule has 1 aliphatic heterocycles. The predicted octanol–water partition coefficient (Wildman–Crippen LogP) is 5.70. The van der Waals surface area contributed by atoms with E-state index < -0.39 is 5.97 Å². The number of hydrogen-bond acceptors (Lipinski definition) is 6. The molecule has 0 bridgehead atoms. The number of carbonyl (C=O) groups is 2. The number of cyclic esters (lactones) is 1. The second-order valence-corrected chi connectivity index (χ2v) is 8.18. The molecule has 174 valence electrons. The molecule has 34 heavy (non-hydrogen) atoms. The van der Waals surface area contributed by atoms with Crippen LogP contribution in [0.15, 0.2) is 84.9 Å². The second kappa shape index (κ2) is 10.3. The van der Waals surface area contributed by atoms with E-state index >= 15 is 0 Å². The largest absolute Gasteiger partial charge is 0.508 e. The average Bonchev–Trinajstić information content (AvgIpc) is 3.18. The Morgan fingerprint density at radius 3 is 2.15 bits per heavy atom. The number of ether oxygens (including phenoxy) is 3. The van der Waals surface area contributed by atoms with Crippen LogP contribution in [0.3, 0.4) is 0 Å². The molecule has 1 saturated heterocycles.